The van der Waals surface area contributed by atoms with E-state index in [1.165, 1.54) is 0 Å². The molecular weight excluding hydrogens is 318 g/mol. The third-order valence-corrected chi connectivity index (χ3v) is 3.94. The number of fused-ring (bicyclic) bond motifs is 1. The summed E-state index contributed by atoms with van der Waals surface area (Å²) in [6.45, 7) is 5.83. The van der Waals surface area contributed by atoms with Crippen LogP contribution < -0.4 is 10.2 Å². The normalized spacial score (nSPS) is 11.1. The summed E-state index contributed by atoms with van der Waals surface area (Å²) in [7, 11) is 3.83. The van der Waals surface area contributed by atoms with Crippen LogP contribution in [0.4, 0.5) is 11.5 Å². The van der Waals surface area contributed by atoms with Gasteiger partial charge in [0.1, 0.15) is 5.82 Å². The van der Waals surface area contributed by atoms with E-state index >= 15 is 0 Å². The molecule has 0 unspecified atom stereocenters. The van der Waals surface area contributed by atoms with Crippen molar-refractivity contribution in [3.05, 3.63) is 41.3 Å². The zero-order valence-corrected chi connectivity index (χ0v) is 15.0. The Morgan fingerprint density at radius 2 is 2.04 bits per heavy atom. The molecule has 0 saturated heterocycles. The molecule has 3 heterocycles. The van der Waals surface area contributed by atoms with E-state index < -0.39 is 0 Å². The minimum atomic E-state index is -0.236. The van der Waals surface area contributed by atoms with Crippen LogP contribution in [0.3, 0.4) is 0 Å². The van der Waals surface area contributed by atoms with Crippen LogP contribution in [0.25, 0.3) is 11.1 Å². The van der Waals surface area contributed by atoms with E-state index in [4.69, 9.17) is 4.52 Å². The Bertz CT molecular complexity index is 913. The molecule has 0 aliphatic heterocycles. The molecule has 0 aliphatic carbocycles. The maximum atomic E-state index is 12.8. The summed E-state index contributed by atoms with van der Waals surface area (Å²) in [6, 6.07) is 5.47. The van der Waals surface area contributed by atoms with E-state index in [0.717, 1.165) is 11.5 Å². The molecule has 3 aromatic rings. The quantitative estimate of drug-likeness (QED) is 0.784. The summed E-state index contributed by atoms with van der Waals surface area (Å²) in [4.78, 5) is 23.5. The summed E-state index contributed by atoms with van der Waals surface area (Å²) in [6.07, 6.45) is 1.63. The van der Waals surface area contributed by atoms with Crippen molar-refractivity contribution in [1.29, 1.82) is 0 Å². The highest BCUT2D eigenvalue weighted by Crippen LogP contribution is 2.26. The number of carbonyl (C=O) groups excluding carboxylic acids is 1. The minimum absolute atomic E-state index is 0.169. The number of hydrogen-bond acceptors (Lipinski definition) is 6. The van der Waals surface area contributed by atoms with Gasteiger partial charge in [-0.2, -0.15) is 0 Å². The van der Waals surface area contributed by atoms with Crippen molar-refractivity contribution in [3.63, 3.8) is 0 Å². The number of rotatable bonds is 4. The summed E-state index contributed by atoms with van der Waals surface area (Å²) in [5.41, 5.74) is 2.94. The number of aromatic nitrogens is 3. The molecule has 3 aromatic heterocycles. The van der Waals surface area contributed by atoms with E-state index in [1.54, 1.807) is 19.2 Å². The van der Waals surface area contributed by atoms with Crippen LogP contribution in [-0.4, -0.2) is 35.1 Å². The van der Waals surface area contributed by atoms with E-state index in [1.807, 2.05) is 45.0 Å². The lowest BCUT2D eigenvalue weighted by molar-refractivity contribution is 0.102. The van der Waals surface area contributed by atoms with Gasteiger partial charge >= 0.3 is 0 Å². The summed E-state index contributed by atoms with van der Waals surface area (Å²) >= 11 is 0. The highest BCUT2D eigenvalue weighted by molar-refractivity contribution is 6.12. The van der Waals surface area contributed by atoms with Gasteiger partial charge in [-0.05, 0) is 31.0 Å². The number of anilines is 2. The molecule has 0 radical (unpaired) electrons. The molecule has 1 amide bonds. The number of hydrogen-bond donors (Lipinski definition) is 1. The molecule has 130 valence electrons. The number of carbonyl (C=O) groups is 1. The summed E-state index contributed by atoms with van der Waals surface area (Å²) in [5, 5.41) is 7.46. The number of pyridine rings is 2. The predicted octanol–water partition coefficient (Wildman–Crippen LogP) is 3.37. The smallest absolute Gasteiger partial charge is 0.259 e. The second-order valence-electron chi connectivity index (χ2n) is 6.45. The summed E-state index contributed by atoms with van der Waals surface area (Å²) < 4.78 is 5.26. The Labute approximate surface area is 146 Å². The van der Waals surface area contributed by atoms with Crippen molar-refractivity contribution in [2.24, 2.45) is 0 Å². The van der Waals surface area contributed by atoms with Crippen LogP contribution >= 0.6 is 0 Å². The Morgan fingerprint density at radius 3 is 2.64 bits per heavy atom. The second-order valence-corrected chi connectivity index (χ2v) is 6.45. The number of amides is 1. The lowest BCUT2D eigenvalue weighted by Gasteiger charge is -2.12. The topological polar surface area (TPSA) is 84.1 Å². The van der Waals surface area contributed by atoms with E-state index in [2.05, 4.69) is 20.4 Å². The average molecular weight is 339 g/mol. The van der Waals surface area contributed by atoms with Gasteiger partial charge in [0.2, 0.25) is 0 Å². The molecule has 0 spiro atoms. The Hall–Kier alpha value is -2.96. The Kier molecular flexibility index (Phi) is 4.39. The first-order valence-electron chi connectivity index (χ1n) is 8.08. The molecule has 0 fully saturated rings. The molecule has 0 aromatic carbocycles. The first-order valence-corrected chi connectivity index (χ1v) is 8.08. The van der Waals surface area contributed by atoms with Crippen LogP contribution in [0.5, 0.6) is 0 Å². The van der Waals surface area contributed by atoms with Gasteiger partial charge < -0.3 is 14.7 Å². The summed E-state index contributed by atoms with van der Waals surface area (Å²) in [5.74, 6) is 0.753. The van der Waals surface area contributed by atoms with Gasteiger partial charge in [0.25, 0.3) is 11.6 Å². The third-order valence-electron chi connectivity index (χ3n) is 3.94. The van der Waals surface area contributed by atoms with Crippen LogP contribution in [0.1, 0.15) is 41.5 Å². The van der Waals surface area contributed by atoms with Crippen molar-refractivity contribution < 1.29 is 9.32 Å². The molecule has 7 nitrogen and oxygen atoms in total. The van der Waals surface area contributed by atoms with Crippen molar-refractivity contribution >= 4 is 28.5 Å². The fourth-order valence-corrected chi connectivity index (χ4v) is 2.51. The van der Waals surface area contributed by atoms with Gasteiger partial charge in [0.15, 0.2) is 0 Å². The van der Waals surface area contributed by atoms with Gasteiger partial charge in [-0.3, -0.25) is 4.79 Å². The van der Waals surface area contributed by atoms with E-state index in [0.29, 0.717) is 28.0 Å². The minimum Gasteiger partial charge on any atom is -0.363 e. The fourth-order valence-electron chi connectivity index (χ4n) is 2.51. The SMILES string of the molecule is Cc1noc2nc(C(C)C)cc(C(=O)Nc3ccc(N(C)C)nc3)c12. The van der Waals surface area contributed by atoms with Crippen molar-refractivity contribution in [2.45, 2.75) is 26.7 Å². The maximum Gasteiger partial charge on any atom is 0.259 e. The monoisotopic (exact) mass is 339 g/mol. The van der Waals surface area contributed by atoms with Crippen LogP contribution in [-0.2, 0) is 0 Å². The molecule has 0 bridgehead atoms. The van der Waals surface area contributed by atoms with Crippen LogP contribution in [0.2, 0.25) is 0 Å². The zero-order chi connectivity index (χ0) is 18.1. The highest BCUT2D eigenvalue weighted by Gasteiger charge is 2.20. The van der Waals surface area contributed by atoms with Gasteiger partial charge in [-0.1, -0.05) is 19.0 Å². The molecule has 3 rings (SSSR count). The molecule has 0 saturated carbocycles. The largest absolute Gasteiger partial charge is 0.363 e. The van der Waals surface area contributed by atoms with Gasteiger partial charge in [0, 0.05) is 19.8 Å². The Balaban J connectivity index is 1.97. The molecule has 7 heteroatoms. The standard InChI is InChI=1S/C18H21N5O2/c1-10(2)14-8-13(16-11(3)22-25-18(16)21-14)17(24)20-12-6-7-15(19-9-12)23(4)5/h6-10H,1-5H3,(H,20,24). The van der Waals surface area contributed by atoms with Crippen LogP contribution in [0.15, 0.2) is 28.9 Å². The maximum absolute atomic E-state index is 12.8. The van der Waals surface area contributed by atoms with Gasteiger partial charge in [0.05, 0.1) is 28.5 Å². The number of aryl methyl sites for hydroxylation is 1. The van der Waals surface area contributed by atoms with Crippen molar-refractivity contribution in [1.82, 2.24) is 15.1 Å². The third kappa shape index (κ3) is 3.31. The molecule has 25 heavy (non-hydrogen) atoms. The lowest BCUT2D eigenvalue weighted by Crippen LogP contribution is -2.15. The second kappa shape index (κ2) is 6.51. The number of nitrogens with one attached hydrogen (secondary N) is 1. The molecule has 0 atom stereocenters. The lowest BCUT2D eigenvalue weighted by atomic mass is 10.0. The fraction of sp³-hybridized carbons (Fsp3) is 0.333. The van der Waals surface area contributed by atoms with Gasteiger partial charge in [-0.15, -0.1) is 0 Å². The molecular formula is C18H21N5O2. The Morgan fingerprint density at radius 1 is 1.28 bits per heavy atom. The molecule has 0 aliphatic rings. The van der Waals surface area contributed by atoms with Crippen LogP contribution in [0, 0.1) is 6.92 Å². The first kappa shape index (κ1) is 16.9. The van der Waals surface area contributed by atoms with E-state index in [9.17, 15) is 4.79 Å². The first-order chi connectivity index (χ1) is 11.9. The number of nitrogens with zero attached hydrogens (tertiary/aromatic N) is 4. The average Bonchev–Trinajstić information content (AvgIpc) is 2.95. The van der Waals surface area contributed by atoms with E-state index in [-0.39, 0.29) is 11.8 Å². The van der Waals surface area contributed by atoms with Gasteiger partial charge in [-0.25, -0.2) is 9.97 Å². The highest BCUT2D eigenvalue weighted by atomic mass is 16.5. The predicted molar refractivity (Wildman–Crippen MR) is 97.1 cm³/mol. The van der Waals surface area contributed by atoms with Crippen molar-refractivity contribution in [3.8, 4) is 0 Å². The zero-order valence-electron chi connectivity index (χ0n) is 15.0. The van der Waals surface area contributed by atoms with Crippen molar-refractivity contribution in [2.75, 3.05) is 24.3 Å². The molecule has 1 N–H and O–H groups in total.